The second-order valence-corrected chi connectivity index (χ2v) is 6.93. The molecule has 0 spiro atoms. The molecule has 0 amide bonds. The van der Waals surface area contributed by atoms with Crippen molar-refractivity contribution in [3.05, 3.63) is 29.6 Å². The fraction of sp³-hybridized carbons (Fsp3) is 0.611. The number of guanidine groups is 1. The van der Waals surface area contributed by atoms with E-state index in [4.69, 9.17) is 0 Å². The van der Waals surface area contributed by atoms with Crippen LogP contribution in [0.3, 0.4) is 0 Å². The normalized spacial score (nSPS) is 16.2. The highest BCUT2D eigenvalue weighted by Gasteiger charge is 2.27. The highest BCUT2D eigenvalue weighted by atomic mass is 127. The van der Waals surface area contributed by atoms with Crippen LogP contribution in [-0.4, -0.2) is 48.2 Å². The predicted molar refractivity (Wildman–Crippen MR) is 111 cm³/mol. The SMILES string of the molecule is CN=C(NCc1ccc(O)c(F)c1)NCC(C)(C)N1CCCCC1.I. The average molecular weight is 464 g/mol. The van der Waals surface area contributed by atoms with Gasteiger partial charge in [0.05, 0.1) is 0 Å². The number of halogens is 2. The van der Waals surface area contributed by atoms with Crippen molar-refractivity contribution in [2.24, 2.45) is 4.99 Å². The molecule has 1 aliphatic rings. The van der Waals surface area contributed by atoms with E-state index >= 15 is 0 Å². The van der Waals surface area contributed by atoms with Gasteiger partial charge in [0.25, 0.3) is 0 Å². The molecule has 1 fully saturated rings. The van der Waals surface area contributed by atoms with E-state index in [1.54, 1.807) is 13.1 Å². The molecule has 1 aromatic carbocycles. The molecule has 1 heterocycles. The van der Waals surface area contributed by atoms with Gasteiger partial charge in [-0.1, -0.05) is 12.5 Å². The topological polar surface area (TPSA) is 59.9 Å². The zero-order chi connectivity index (χ0) is 17.6. The molecule has 0 saturated carbocycles. The number of phenolic OH excluding ortho intramolecular Hbond substituents is 1. The first kappa shape index (κ1) is 22.0. The minimum absolute atomic E-state index is 0. The number of nitrogens with one attached hydrogen (secondary N) is 2. The third kappa shape index (κ3) is 6.62. The highest BCUT2D eigenvalue weighted by molar-refractivity contribution is 14.0. The number of aliphatic imine (C=N–C) groups is 1. The summed E-state index contributed by atoms with van der Waals surface area (Å²) in [6.07, 6.45) is 3.86. The maximum atomic E-state index is 13.4. The predicted octanol–water partition coefficient (Wildman–Crippen LogP) is 3.08. The van der Waals surface area contributed by atoms with Gasteiger partial charge >= 0.3 is 0 Å². The Hall–Kier alpha value is -1.09. The molecule has 5 nitrogen and oxygen atoms in total. The Morgan fingerprint density at radius 3 is 2.52 bits per heavy atom. The van der Waals surface area contributed by atoms with Gasteiger partial charge in [0, 0.05) is 25.7 Å². The fourth-order valence-corrected chi connectivity index (χ4v) is 2.98. The second kappa shape index (κ2) is 10.2. The Morgan fingerprint density at radius 1 is 1.24 bits per heavy atom. The van der Waals surface area contributed by atoms with Gasteiger partial charge in [0.2, 0.25) is 0 Å². The van der Waals surface area contributed by atoms with Gasteiger partial charge in [-0.15, -0.1) is 24.0 Å². The van der Waals surface area contributed by atoms with Crippen molar-refractivity contribution in [2.75, 3.05) is 26.7 Å². The highest BCUT2D eigenvalue weighted by Crippen LogP contribution is 2.20. The lowest BCUT2D eigenvalue weighted by Gasteiger charge is -2.41. The van der Waals surface area contributed by atoms with Gasteiger partial charge in [-0.25, -0.2) is 4.39 Å². The molecular formula is C18H30FIN4O. The molecule has 7 heteroatoms. The van der Waals surface area contributed by atoms with Crippen molar-refractivity contribution in [3.8, 4) is 5.75 Å². The van der Waals surface area contributed by atoms with Crippen LogP contribution < -0.4 is 10.6 Å². The number of benzene rings is 1. The van der Waals surface area contributed by atoms with Crippen LogP contribution in [0.15, 0.2) is 23.2 Å². The summed E-state index contributed by atoms with van der Waals surface area (Å²) >= 11 is 0. The van der Waals surface area contributed by atoms with Crippen LogP contribution in [0.4, 0.5) is 4.39 Å². The number of piperidine rings is 1. The summed E-state index contributed by atoms with van der Waals surface area (Å²) in [5.41, 5.74) is 0.811. The van der Waals surface area contributed by atoms with E-state index in [0.717, 1.165) is 25.2 Å². The van der Waals surface area contributed by atoms with Crippen molar-refractivity contribution in [1.29, 1.82) is 0 Å². The lowest BCUT2D eigenvalue weighted by molar-refractivity contribution is 0.0982. The molecule has 0 radical (unpaired) electrons. The summed E-state index contributed by atoms with van der Waals surface area (Å²) in [7, 11) is 1.72. The smallest absolute Gasteiger partial charge is 0.191 e. The third-order valence-electron chi connectivity index (χ3n) is 4.60. The van der Waals surface area contributed by atoms with Crippen LogP contribution in [0.5, 0.6) is 5.75 Å². The Labute approximate surface area is 167 Å². The molecule has 2 rings (SSSR count). The van der Waals surface area contributed by atoms with Gasteiger partial charge in [0.15, 0.2) is 17.5 Å². The van der Waals surface area contributed by atoms with Crippen molar-refractivity contribution in [1.82, 2.24) is 15.5 Å². The average Bonchev–Trinajstić information content (AvgIpc) is 2.59. The van der Waals surface area contributed by atoms with Gasteiger partial charge in [-0.3, -0.25) is 9.89 Å². The zero-order valence-electron chi connectivity index (χ0n) is 15.3. The van der Waals surface area contributed by atoms with E-state index in [2.05, 4.69) is 34.4 Å². The van der Waals surface area contributed by atoms with Gasteiger partial charge in [-0.05, 0) is 57.5 Å². The van der Waals surface area contributed by atoms with Crippen LogP contribution >= 0.6 is 24.0 Å². The van der Waals surface area contributed by atoms with Crippen LogP contribution in [0.2, 0.25) is 0 Å². The first-order valence-corrected chi connectivity index (χ1v) is 8.59. The van der Waals surface area contributed by atoms with E-state index in [9.17, 15) is 9.50 Å². The molecular weight excluding hydrogens is 434 g/mol. The second-order valence-electron chi connectivity index (χ2n) is 6.93. The number of hydrogen-bond acceptors (Lipinski definition) is 3. The molecule has 3 N–H and O–H groups in total. The summed E-state index contributed by atoms with van der Waals surface area (Å²) in [5, 5.41) is 15.8. The lowest BCUT2D eigenvalue weighted by atomic mass is 9.98. The molecule has 1 aromatic rings. The first-order chi connectivity index (χ1) is 11.4. The van der Waals surface area contributed by atoms with Gasteiger partial charge in [0.1, 0.15) is 0 Å². The summed E-state index contributed by atoms with van der Waals surface area (Å²) in [4.78, 5) is 6.74. The fourth-order valence-electron chi connectivity index (χ4n) is 2.98. The molecule has 1 aliphatic heterocycles. The Kier molecular flexibility index (Phi) is 8.92. The lowest BCUT2D eigenvalue weighted by Crippen LogP contribution is -2.54. The van der Waals surface area contributed by atoms with Gasteiger partial charge < -0.3 is 15.7 Å². The molecule has 0 aliphatic carbocycles. The van der Waals surface area contributed by atoms with E-state index in [1.807, 2.05) is 0 Å². The van der Waals surface area contributed by atoms with Crippen molar-refractivity contribution < 1.29 is 9.50 Å². The molecule has 0 atom stereocenters. The van der Waals surface area contributed by atoms with E-state index in [1.165, 1.54) is 31.4 Å². The minimum Gasteiger partial charge on any atom is -0.505 e. The quantitative estimate of drug-likeness (QED) is 0.356. The molecule has 0 bridgehead atoms. The molecule has 142 valence electrons. The molecule has 1 saturated heterocycles. The Balaban J connectivity index is 0.00000312. The number of aromatic hydroxyl groups is 1. The van der Waals surface area contributed by atoms with Gasteiger partial charge in [-0.2, -0.15) is 0 Å². The van der Waals surface area contributed by atoms with E-state index in [-0.39, 0.29) is 35.3 Å². The maximum Gasteiger partial charge on any atom is 0.191 e. The molecule has 0 aromatic heterocycles. The monoisotopic (exact) mass is 464 g/mol. The number of likely N-dealkylation sites (tertiary alicyclic amines) is 1. The maximum absolute atomic E-state index is 13.4. The van der Waals surface area contributed by atoms with Crippen LogP contribution in [-0.2, 0) is 6.54 Å². The summed E-state index contributed by atoms with van der Waals surface area (Å²) < 4.78 is 13.4. The minimum atomic E-state index is -0.608. The zero-order valence-corrected chi connectivity index (χ0v) is 17.6. The standard InChI is InChI=1S/C18H29FN4O.HI/c1-18(2,23-9-5-4-6-10-23)13-22-17(20-3)21-12-14-7-8-16(24)15(19)11-14;/h7-8,11,24H,4-6,9-10,12-13H2,1-3H3,(H2,20,21,22);1H. The number of phenols is 1. The number of rotatable bonds is 5. The molecule has 25 heavy (non-hydrogen) atoms. The van der Waals surface area contributed by atoms with Crippen LogP contribution in [0.1, 0.15) is 38.7 Å². The summed E-state index contributed by atoms with van der Waals surface area (Å²) in [5.74, 6) is -0.249. The van der Waals surface area contributed by atoms with Crippen LogP contribution in [0.25, 0.3) is 0 Å². The Bertz CT molecular complexity index is 574. The summed E-state index contributed by atoms with van der Waals surface area (Å²) in [6.45, 7) is 8.01. The van der Waals surface area contributed by atoms with E-state index < -0.39 is 5.82 Å². The molecule has 0 unspecified atom stereocenters. The van der Waals surface area contributed by atoms with Crippen LogP contribution in [0, 0.1) is 5.82 Å². The third-order valence-corrected chi connectivity index (χ3v) is 4.60. The number of nitrogens with zero attached hydrogens (tertiary/aromatic N) is 2. The first-order valence-electron chi connectivity index (χ1n) is 8.59. The van der Waals surface area contributed by atoms with E-state index in [0.29, 0.717) is 12.5 Å². The van der Waals surface area contributed by atoms with Crippen molar-refractivity contribution in [2.45, 2.75) is 45.2 Å². The largest absolute Gasteiger partial charge is 0.505 e. The van der Waals surface area contributed by atoms with Crippen molar-refractivity contribution >= 4 is 29.9 Å². The number of hydrogen-bond donors (Lipinski definition) is 3. The summed E-state index contributed by atoms with van der Waals surface area (Å²) in [6, 6.07) is 4.38. The van der Waals surface area contributed by atoms with Crippen molar-refractivity contribution in [3.63, 3.8) is 0 Å². The Morgan fingerprint density at radius 2 is 1.92 bits per heavy atom.